The van der Waals surface area contributed by atoms with E-state index in [9.17, 15) is 14.4 Å². The molecule has 2 heterocycles. The van der Waals surface area contributed by atoms with E-state index >= 15 is 0 Å². The number of aromatic nitrogens is 2. The fourth-order valence-electron chi connectivity index (χ4n) is 3.38. The van der Waals surface area contributed by atoms with Gasteiger partial charge in [0.05, 0.1) is 11.3 Å². The van der Waals surface area contributed by atoms with Gasteiger partial charge in [-0.25, -0.2) is 9.78 Å². The lowest BCUT2D eigenvalue weighted by Crippen LogP contribution is -2.17. The SMILES string of the molecule is Cc1ccc(C)c(C(=O)c2ccccc2C(=O)OCc2cc(=O)n3c(C)csc3n2)c1. The largest absolute Gasteiger partial charge is 0.456 e. The first-order valence-electron chi connectivity index (χ1n) is 9.70. The maximum atomic E-state index is 13.1. The maximum absolute atomic E-state index is 13.1. The van der Waals surface area contributed by atoms with Crippen LogP contribution in [0.4, 0.5) is 0 Å². The Kier molecular flexibility index (Phi) is 5.52. The van der Waals surface area contributed by atoms with E-state index in [0.29, 0.717) is 16.2 Å². The molecule has 0 saturated carbocycles. The lowest BCUT2D eigenvalue weighted by Gasteiger charge is -2.11. The number of aryl methyl sites for hydroxylation is 3. The second kappa shape index (κ2) is 8.28. The van der Waals surface area contributed by atoms with E-state index in [1.165, 1.54) is 21.8 Å². The molecule has 0 amide bonds. The topological polar surface area (TPSA) is 77.7 Å². The highest BCUT2D eigenvalue weighted by Gasteiger charge is 2.21. The van der Waals surface area contributed by atoms with Crippen LogP contribution in [0.25, 0.3) is 4.96 Å². The number of carbonyl (C=O) groups is 2. The lowest BCUT2D eigenvalue weighted by atomic mass is 9.94. The van der Waals surface area contributed by atoms with E-state index in [1.54, 1.807) is 24.3 Å². The number of ether oxygens (including phenoxy) is 1. The van der Waals surface area contributed by atoms with Gasteiger partial charge in [0.15, 0.2) is 10.7 Å². The Labute approximate surface area is 182 Å². The Hall–Kier alpha value is -3.58. The Morgan fingerprint density at radius 2 is 1.74 bits per heavy atom. The first-order valence-corrected chi connectivity index (χ1v) is 10.6. The van der Waals surface area contributed by atoms with Gasteiger partial charge in [0.25, 0.3) is 5.56 Å². The molecular formula is C24H20N2O4S. The van der Waals surface area contributed by atoms with Crippen molar-refractivity contribution in [3.8, 4) is 0 Å². The van der Waals surface area contributed by atoms with Crippen LogP contribution in [-0.4, -0.2) is 21.1 Å². The molecule has 0 spiro atoms. The molecule has 0 saturated heterocycles. The molecule has 0 N–H and O–H groups in total. The summed E-state index contributed by atoms with van der Waals surface area (Å²) in [4.78, 5) is 43.2. The molecule has 0 unspecified atom stereocenters. The summed E-state index contributed by atoms with van der Waals surface area (Å²) in [7, 11) is 0. The molecule has 4 rings (SSSR count). The highest BCUT2D eigenvalue weighted by Crippen LogP contribution is 2.20. The van der Waals surface area contributed by atoms with Crippen LogP contribution in [0.15, 0.2) is 58.7 Å². The zero-order valence-electron chi connectivity index (χ0n) is 17.3. The Morgan fingerprint density at radius 1 is 1.00 bits per heavy atom. The van der Waals surface area contributed by atoms with Gasteiger partial charge < -0.3 is 4.74 Å². The Morgan fingerprint density at radius 3 is 2.52 bits per heavy atom. The molecule has 0 aliphatic carbocycles. The number of benzene rings is 2. The first-order chi connectivity index (χ1) is 14.8. The third-order valence-electron chi connectivity index (χ3n) is 5.01. The number of thiazole rings is 1. The molecule has 2 aromatic heterocycles. The van der Waals surface area contributed by atoms with Gasteiger partial charge in [0.1, 0.15) is 6.61 Å². The van der Waals surface area contributed by atoms with Crippen LogP contribution in [0.2, 0.25) is 0 Å². The quantitative estimate of drug-likeness (QED) is 0.348. The average Bonchev–Trinajstić information content (AvgIpc) is 3.14. The van der Waals surface area contributed by atoms with Crippen molar-refractivity contribution in [1.29, 1.82) is 0 Å². The molecule has 0 aliphatic rings. The van der Waals surface area contributed by atoms with Crippen molar-refractivity contribution in [3.05, 3.63) is 103 Å². The summed E-state index contributed by atoms with van der Waals surface area (Å²) in [6, 6.07) is 13.6. The molecule has 31 heavy (non-hydrogen) atoms. The van der Waals surface area contributed by atoms with Gasteiger partial charge in [0, 0.05) is 28.3 Å². The van der Waals surface area contributed by atoms with E-state index in [1.807, 2.05) is 44.4 Å². The van der Waals surface area contributed by atoms with Gasteiger partial charge in [0.2, 0.25) is 0 Å². The molecule has 7 heteroatoms. The molecule has 0 bridgehead atoms. The number of ketones is 1. The molecule has 0 aliphatic heterocycles. The van der Waals surface area contributed by atoms with E-state index in [0.717, 1.165) is 16.8 Å². The van der Waals surface area contributed by atoms with Crippen LogP contribution in [-0.2, 0) is 11.3 Å². The van der Waals surface area contributed by atoms with Crippen LogP contribution in [0.3, 0.4) is 0 Å². The summed E-state index contributed by atoms with van der Waals surface area (Å²) in [5.41, 5.74) is 3.75. The van der Waals surface area contributed by atoms with Gasteiger partial charge in [-0.3, -0.25) is 14.0 Å². The van der Waals surface area contributed by atoms with Crippen LogP contribution in [0.1, 0.15) is 48.8 Å². The number of esters is 1. The summed E-state index contributed by atoms with van der Waals surface area (Å²) < 4.78 is 6.92. The van der Waals surface area contributed by atoms with Crippen LogP contribution in [0, 0.1) is 20.8 Å². The number of hydrogen-bond acceptors (Lipinski definition) is 6. The summed E-state index contributed by atoms with van der Waals surface area (Å²) in [6.45, 7) is 5.45. The fraction of sp³-hybridized carbons (Fsp3) is 0.167. The van der Waals surface area contributed by atoms with Crippen LogP contribution in [0.5, 0.6) is 0 Å². The van der Waals surface area contributed by atoms with Crippen molar-refractivity contribution in [2.24, 2.45) is 0 Å². The second-order valence-electron chi connectivity index (χ2n) is 7.35. The van der Waals surface area contributed by atoms with E-state index < -0.39 is 5.97 Å². The highest BCUT2D eigenvalue weighted by molar-refractivity contribution is 7.15. The zero-order chi connectivity index (χ0) is 22.1. The van der Waals surface area contributed by atoms with E-state index in [4.69, 9.17) is 4.74 Å². The molecule has 4 aromatic rings. The van der Waals surface area contributed by atoms with Gasteiger partial charge in [-0.2, -0.15) is 0 Å². The molecule has 0 fully saturated rings. The average molecular weight is 433 g/mol. The monoisotopic (exact) mass is 432 g/mol. The molecule has 0 radical (unpaired) electrons. The predicted molar refractivity (Wildman–Crippen MR) is 119 cm³/mol. The standard InChI is InChI=1S/C24H20N2O4S/c1-14-8-9-15(2)20(10-14)22(28)18-6-4-5-7-19(18)23(29)30-12-17-11-21(27)26-16(3)13-31-24(26)25-17/h4-11,13H,12H2,1-3H3. The summed E-state index contributed by atoms with van der Waals surface area (Å²) >= 11 is 1.35. The highest BCUT2D eigenvalue weighted by atomic mass is 32.1. The van der Waals surface area contributed by atoms with Gasteiger partial charge in [-0.1, -0.05) is 35.9 Å². The molecular weight excluding hydrogens is 412 g/mol. The van der Waals surface area contributed by atoms with Gasteiger partial charge in [-0.15, -0.1) is 11.3 Å². The normalized spacial score (nSPS) is 10.9. The molecule has 2 aromatic carbocycles. The Balaban J connectivity index is 1.59. The minimum atomic E-state index is -0.640. The molecule has 0 atom stereocenters. The van der Waals surface area contributed by atoms with Crippen molar-refractivity contribution in [1.82, 2.24) is 9.38 Å². The third-order valence-corrected chi connectivity index (χ3v) is 5.95. The number of nitrogens with zero attached hydrogens (tertiary/aromatic N) is 2. The minimum Gasteiger partial charge on any atom is -0.456 e. The lowest BCUT2D eigenvalue weighted by molar-refractivity contribution is 0.0465. The van der Waals surface area contributed by atoms with Crippen LogP contribution < -0.4 is 5.56 Å². The van der Waals surface area contributed by atoms with E-state index in [-0.39, 0.29) is 29.1 Å². The second-order valence-corrected chi connectivity index (χ2v) is 8.19. The minimum absolute atomic E-state index is 0.159. The number of carbonyl (C=O) groups excluding carboxylic acids is 2. The zero-order valence-corrected chi connectivity index (χ0v) is 18.2. The Bertz CT molecular complexity index is 1380. The molecule has 6 nitrogen and oxygen atoms in total. The van der Waals surface area contributed by atoms with Crippen molar-refractivity contribution in [2.45, 2.75) is 27.4 Å². The van der Waals surface area contributed by atoms with Gasteiger partial charge in [-0.05, 0) is 38.5 Å². The van der Waals surface area contributed by atoms with Crippen LogP contribution >= 0.6 is 11.3 Å². The number of hydrogen-bond donors (Lipinski definition) is 0. The van der Waals surface area contributed by atoms with E-state index in [2.05, 4.69) is 4.98 Å². The molecule has 156 valence electrons. The summed E-state index contributed by atoms with van der Waals surface area (Å²) in [5.74, 6) is -0.876. The first kappa shape index (κ1) is 20.7. The number of rotatable bonds is 5. The third kappa shape index (κ3) is 4.04. The summed E-state index contributed by atoms with van der Waals surface area (Å²) in [6.07, 6.45) is 0. The summed E-state index contributed by atoms with van der Waals surface area (Å²) in [5, 5.41) is 1.84. The van der Waals surface area contributed by atoms with Crippen molar-refractivity contribution in [3.63, 3.8) is 0 Å². The smallest absolute Gasteiger partial charge is 0.339 e. The van der Waals surface area contributed by atoms with Crippen molar-refractivity contribution >= 4 is 28.1 Å². The maximum Gasteiger partial charge on any atom is 0.339 e. The van der Waals surface area contributed by atoms with Crippen molar-refractivity contribution < 1.29 is 14.3 Å². The predicted octanol–water partition coefficient (Wildman–Crippen LogP) is 4.27. The fourth-order valence-corrected chi connectivity index (χ4v) is 4.27. The van der Waals surface area contributed by atoms with Crippen molar-refractivity contribution in [2.75, 3.05) is 0 Å². The number of fused-ring (bicyclic) bond motifs is 1. The van der Waals surface area contributed by atoms with Gasteiger partial charge >= 0.3 is 5.97 Å².